The average Bonchev–Trinajstić information content (AvgIpc) is 3.71. The van der Waals surface area contributed by atoms with Crippen LogP contribution in [0.3, 0.4) is 0 Å². The molecule has 50 heavy (non-hydrogen) atoms. The van der Waals surface area contributed by atoms with E-state index in [1.54, 1.807) is 4.90 Å². The van der Waals surface area contributed by atoms with Crippen LogP contribution in [0.1, 0.15) is 44.1 Å². The zero-order valence-corrected chi connectivity index (χ0v) is 27.2. The van der Waals surface area contributed by atoms with Crippen LogP contribution in [0.25, 0.3) is 32.2 Å². The fourth-order valence-corrected chi connectivity index (χ4v) is 9.27. The molecule has 4 atom stereocenters. The Morgan fingerprint density at radius 2 is 1.92 bits per heavy atom. The molecule has 0 amide bonds. The number of alkyl halides is 4. The number of benzene rings is 2. The van der Waals surface area contributed by atoms with Gasteiger partial charge in [-0.3, -0.25) is 4.90 Å². The molecule has 4 aliphatic heterocycles. The van der Waals surface area contributed by atoms with Crippen LogP contribution in [0.4, 0.5) is 46.1 Å². The van der Waals surface area contributed by atoms with E-state index in [1.807, 2.05) is 4.90 Å². The molecule has 0 radical (unpaired) electrons. The number of aromatic nitrogens is 3. The van der Waals surface area contributed by atoms with Gasteiger partial charge in [-0.15, -0.1) is 0 Å². The number of nitrogens with one attached hydrogen (secondary N) is 1. The lowest BCUT2D eigenvalue weighted by Gasteiger charge is -2.49. The van der Waals surface area contributed by atoms with Gasteiger partial charge in [0.2, 0.25) is 0 Å². The molecule has 2 bridgehead atoms. The maximum atomic E-state index is 17.0. The van der Waals surface area contributed by atoms with Crippen molar-refractivity contribution in [1.82, 2.24) is 25.2 Å². The minimum atomic E-state index is -5.11. The SMILES string of the molecule is Nc1nc2c(-c3c(C(F)(F)F)cc4c(N5CC6CCC[C@@](C=C(F)F)(C5)N6)nc(OC[C@@]56CCCN5C[C@H](F)C6)nc4c3F)ccc(F)c2s1. The number of piperazine rings is 1. The smallest absolute Gasteiger partial charge is 0.417 e. The van der Waals surface area contributed by atoms with Gasteiger partial charge < -0.3 is 20.7 Å². The van der Waals surface area contributed by atoms with E-state index in [2.05, 4.69) is 20.3 Å². The van der Waals surface area contributed by atoms with Crippen molar-refractivity contribution in [3.8, 4) is 17.1 Å². The van der Waals surface area contributed by atoms with Crippen molar-refractivity contribution in [2.45, 2.75) is 68.0 Å². The molecule has 266 valence electrons. The van der Waals surface area contributed by atoms with Gasteiger partial charge >= 0.3 is 12.2 Å². The first-order valence-corrected chi connectivity index (χ1v) is 17.1. The number of nitrogens with two attached hydrogens (primary N) is 1. The van der Waals surface area contributed by atoms with E-state index in [9.17, 15) is 30.7 Å². The van der Waals surface area contributed by atoms with Crippen LogP contribution in [0, 0.1) is 11.6 Å². The Bertz CT molecular complexity index is 2040. The van der Waals surface area contributed by atoms with E-state index < -0.39 is 57.8 Å². The second-order valence-electron chi connectivity index (χ2n) is 13.7. The predicted octanol–water partition coefficient (Wildman–Crippen LogP) is 7.22. The number of nitrogen functional groups attached to an aromatic ring is 1. The minimum Gasteiger partial charge on any atom is -0.461 e. The third kappa shape index (κ3) is 5.61. The fourth-order valence-electron chi connectivity index (χ4n) is 8.50. The Morgan fingerprint density at radius 1 is 1.10 bits per heavy atom. The molecular formula is C33H31F8N7OS. The van der Waals surface area contributed by atoms with E-state index >= 15 is 4.39 Å². The molecule has 8 rings (SSSR count). The molecular weight excluding hydrogens is 694 g/mol. The van der Waals surface area contributed by atoms with Crippen molar-refractivity contribution in [2.24, 2.45) is 0 Å². The first-order chi connectivity index (χ1) is 23.7. The number of piperidine rings is 1. The predicted molar refractivity (Wildman–Crippen MR) is 172 cm³/mol. The quantitative estimate of drug-likeness (QED) is 0.202. The molecule has 4 fully saturated rings. The lowest BCUT2D eigenvalue weighted by Crippen LogP contribution is -2.66. The van der Waals surface area contributed by atoms with Gasteiger partial charge in [0.15, 0.2) is 10.9 Å². The second kappa shape index (κ2) is 11.9. The van der Waals surface area contributed by atoms with Crippen LogP contribution in [-0.4, -0.2) is 75.9 Å². The summed E-state index contributed by atoms with van der Waals surface area (Å²) in [5.74, 6) is -2.29. The number of anilines is 2. The van der Waals surface area contributed by atoms with Gasteiger partial charge in [-0.1, -0.05) is 11.3 Å². The molecule has 2 aromatic heterocycles. The Labute approximate surface area is 284 Å². The number of halogens is 8. The van der Waals surface area contributed by atoms with Gasteiger partial charge in [0, 0.05) is 54.7 Å². The van der Waals surface area contributed by atoms with E-state index in [-0.39, 0.29) is 76.8 Å². The summed E-state index contributed by atoms with van der Waals surface area (Å²) in [5.41, 5.74) is 0.518. The monoisotopic (exact) mass is 725 g/mol. The van der Waals surface area contributed by atoms with Crippen LogP contribution in [-0.2, 0) is 6.18 Å². The molecule has 2 aromatic carbocycles. The summed E-state index contributed by atoms with van der Waals surface area (Å²) < 4.78 is 124. The third-order valence-electron chi connectivity index (χ3n) is 10.5. The van der Waals surface area contributed by atoms with E-state index in [1.165, 1.54) is 0 Å². The number of thiazole rings is 1. The highest BCUT2D eigenvalue weighted by molar-refractivity contribution is 7.22. The number of nitrogens with zero attached hydrogens (tertiary/aromatic N) is 5. The maximum Gasteiger partial charge on any atom is 0.417 e. The molecule has 1 unspecified atom stereocenters. The molecule has 17 heteroatoms. The zero-order chi connectivity index (χ0) is 35.2. The van der Waals surface area contributed by atoms with Crippen molar-refractivity contribution in [3.63, 3.8) is 0 Å². The lowest BCUT2D eigenvalue weighted by atomic mass is 9.82. The molecule has 0 saturated carbocycles. The lowest BCUT2D eigenvalue weighted by molar-refractivity contribution is -0.137. The summed E-state index contributed by atoms with van der Waals surface area (Å²) >= 11 is 0.712. The van der Waals surface area contributed by atoms with Crippen molar-refractivity contribution in [3.05, 3.63) is 47.6 Å². The number of hydrogen-bond donors (Lipinski definition) is 2. The highest BCUT2D eigenvalue weighted by atomic mass is 32.1. The Hall–Kier alpha value is -3.83. The highest BCUT2D eigenvalue weighted by Crippen LogP contribution is 2.47. The van der Waals surface area contributed by atoms with Crippen molar-refractivity contribution in [1.29, 1.82) is 0 Å². The largest absolute Gasteiger partial charge is 0.461 e. The summed E-state index contributed by atoms with van der Waals surface area (Å²) in [6.07, 6.45) is -4.04. The first-order valence-electron chi connectivity index (χ1n) is 16.3. The first kappa shape index (κ1) is 33.3. The average molecular weight is 726 g/mol. The normalized spacial score (nSPS) is 26.9. The zero-order valence-electron chi connectivity index (χ0n) is 26.4. The summed E-state index contributed by atoms with van der Waals surface area (Å²) in [4.78, 5) is 16.4. The molecule has 0 spiro atoms. The van der Waals surface area contributed by atoms with Crippen molar-refractivity contribution >= 4 is 43.4 Å². The van der Waals surface area contributed by atoms with Gasteiger partial charge in [0.1, 0.15) is 29.9 Å². The number of ether oxygens (including phenoxy) is 1. The number of hydrogen-bond acceptors (Lipinski definition) is 9. The molecule has 3 N–H and O–H groups in total. The van der Waals surface area contributed by atoms with Gasteiger partial charge in [-0.25, -0.2) is 18.2 Å². The van der Waals surface area contributed by atoms with Crippen LogP contribution in [0.5, 0.6) is 6.01 Å². The molecule has 0 aliphatic carbocycles. The second-order valence-corrected chi connectivity index (χ2v) is 14.8. The minimum absolute atomic E-state index is 0.0475. The third-order valence-corrected chi connectivity index (χ3v) is 11.4. The Balaban J connectivity index is 1.33. The molecule has 4 saturated heterocycles. The van der Waals surface area contributed by atoms with Crippen LogP contribution < -0.4 is 20.7 Å². The van der Waals surface area contributed by atoms with E-state index in [4.69, 9.17) is 10.5 Å². The van der Waals surface area contributed by atoms with Gasteiger partial charge in [-0.2, -0.15) is 31.9 Å². The molecule has 6 heterocycles. The van der Waals surface area contributed by atoms with Crippen LogP contribution in [0.2, 0.25) is 0 Å². The van der Waals surface area contributed by atoms with E-state index in [0.29, 0.717) is 43.6 Å². The number of fused-ring (bicyclic) bond motifs is 5. The topological polar surface area (TPSA) is 92.4 Å². The number of rotatable bonds is 6. The van der Waals surface area contributed by atoms with Gasteiger partial charge in [-0.05, 0) is 56.8 Å². The summed E-state index contributed by atoms with van der Waals surface area (Å²) in [6.45, 7) is 0.935. The van der Waals surface area contributed by atoms with Crippen molar-refractivity contribution in [2.75, 3.05) is 43.4 Å². The van der Waals surface area contributed by atoms with Gasteiger partial charge in [0.05, 0.1) is 26.9 Å². The molecule has 4 aromatic rings. The molecule has 8 nitrogen and oxygen atoms in total. The maximum absolute atomic E-state index is 17.0. The van der Waals surface area contributed by atoms with E-state index in [0.717, 1.165) is 30.7 Å². The summed E-state index contributed by atoms with van der Waals surface area (Å²) in [7, 11) is 0. The highest BCUT2D eigenvalue weighted by Gasteiger charge is 2.50. The summed E-state index contributed by atoms with van der Waals surface area (Å²) in [6, 6.07) is 1.99. The Kier molecular flexibility index (Phi) is 7.91. The Morgan fingerprint density at radius 3 is 2.70 bits per heavy atom. The van der Waals surface area contributed by atoms with Gasteiger partial charge in [0.25, 0.3) is 6.08 Å². The van der Waals surface area contributed by atoms with Crippen LogP contribution in [0.15, 0.2) is 30.4 Å². The standard InChI is InChI=1S/C33H31F8N7OS/c34-16-10-32(7-2-8-48(32)12-16)15-49-30-44-25-19(28(45-30)47-13-17-3-1-6-31(14-47,46-17)11-22(36)37)9-20(33(39,40)41)23(24(25)38)18-4-5-21(35)27-26(18)43-29(42)50-27/h4-5,9,11,16-17,46H,1-3,6-8,10,12-15H2,(H2,42,43)/t16-,17?,31-,32+/m1/s1. The molecule has 4 aliphatic rings. The van der Waals surface area contributed by atoms with Crippen LogP contribution >= 0.6 is 11.3 Å². The fraction of sp³-hybridized carbons (Fsp3) is 0.485. The summed E-state index contributed by atoms with van der Waals surface area (Å²) in [5, 5.41) is 2.80. The van der Waals surface area contributed by atoms with Crippen molar-refractivity contribution < 1.29 is 39.9 Å².